The monoisotopic (exact) mass is 312 g/mol. The molecule has 2 aromatic rings. The molecule has 1 saturated heterocycles. The van der Waals surface area contributed by atoms with Crippen LogP contribution in [0.5, 0.6) is 0 Å². The first-order valence-electron chi connectivity index (χ1n) is 8.16. The highest BCUT2D eigenvalue weighted by atomic mass is 16.1. The van der Waals surface area contributed by atoms with Crippen molar-refractivity contribution >= 4 is 0 Å². The number of nitrogens with zero attached hydrogens (tertiary/aromatic N) is 3. The van der Waals surface area contributed by atoms with Crippen molar-refractivity contribution in [1.29, 1.82) is 0 Å². The molecule has 0 atom stereocenters. The third-order valence-electron chi connectivity index (χ3n) is 4.56. The van der Waals surface area contributed by atoms with Gasteiger partial charge in [-0.3, -0.25) is 9.69 Å². The molecule has 0 bridgehead atoms. The van der Waals surface area contributed by atoms with E-state index in [1.165, 1.54) is 12.8 Å². The van der Waals surface area contributed by atoms with Crippen LogP contribution in [0.2, 0.25) is 0 Å². The Hall–Kier alpha value is -1.98. The molecule has 3 rings (SSSR count). The van der Waals surface area contributed by atoms with Crippen LogP contribution in [0.4, 0.5) is 0 Å². The van der Waals surface area contributed by atoms with Gasteiger partial charge in [0.05, 0.1) is 5.69 Å². The molecule has 1 fully saturated rings. The predicted octanol–water partition coefficient (Wildman–Crippen LogP) is 1.96. The summed E-state index contributed by atoms with van der Waals surface area (Å²) in [5.41, 5.74) is 1.67. The summed E-state index contributed by atoms with van der Waals surface area (Å²) < 4.78 is 0. The molecule has 2 heterocycles. The molecule has 1 N–H and O–H groups in total. The zero-order valence-corrected chi connectivity index (χ0v) is 13.8. The van der Waals surface area contributed by atoms with E-state index in [0.29, 0.717) is 18.4 Å². The Balaban J connectivity index is 1.75. The van der Waals surface area contributed by atoms with E-state index in [9.17, 15) is 4.79 Å². The Morgan fingerprint density at radius 2 is 1.96 bits per heavy atom. The van der Waals surface area contributed by atoms with Gasteiger partial charge in [0.2, 0.25) is 0 Å². The van der Waals surface area contributed by atoms with Crippen molar-refractivity contribution in [2.75, 3.05) is 27.2 Å². The normalized spacial score (nSPS) is 16.8. The van der Waals surface area contributed by atoms with Crippen molar-refractivity contribution in [3.8, 4) is 11.4 Å². The van der Waals surface area contributed by atoms with Gasteiger partial charge < -0.3 is 9.88 Å². The third-order valence-corrected chi connectivity index (χ3v) is 4.56. The average Bonchev–Trinajstić information content (AvgIpc) is 2.55. The second-order valence-corrected chi connectivity index (χ2v) is 6.40. The van der Waals surface area contributed by atoms with Gasteiger partial charge in [-0.1, -0.05) is 30.3 Å². The topological polar surface area (TPSA) is 52.2 Å². The molecule has 1 aromatic carbocycles. The van der Waals surface area contributed by atoms with Crippen LogP contribution in [0.15, 0.2) is 41.2 Å². The predicted molar refractivity (Wildman–Crippen MR) is 92.3 cm³/mol. The quantitative estimate of drug-likeness (QED) is 0.938. The Kier molecular flexibility index (Phi) is 4.88. The second kappa shape index (κ2) is 7.06. The highest BCUT2D eigenvalue weighted by Crippen LogP contribution is 2.17. The summed E-state index contributed by atoms with van der Waals surface area (Å²) in [6.07, 6.45) is 2.34. The number of aromatic amines is 1. The number of H-pyrrole nitrogens is 1. The molecule has 5 nitrogen and oxygen atoms in total. The lowest BCUT2D eigenvalue weighted by Gasteiger charge is -2.34. The number of aromatic nitrogens is 2. The number of rotatable bonds is 4. The maximum absolute atomic E-state index is 12.0. The minimum absolute atomic E-state index is 0.0920. The molecule has 0 unspecified atom stereocenters. The van der Waals surface area contributed by atoms with Gasteiger partial charge >= 0.3 is 0 Å². The van der Waals surface area contributed by atoms with E-state index in [1.54, 1.807) is 6.07 Å². The molecule has 0 radical (unpaired) electrons. The zero-order chi connectivity index (χ0) is 16.2. The number of likely N-dealkylation sites (tertiary alicyclic amines) is 1. The van der Waals surface area contributed by atoms with Crippen molar-refractivity contribution in [2.45, 2.75) is 25.4 Å². The van der Waals surface area contributed by atoms with Crippen LogP contribution in [0.1, 0.15) is 18.5 Å². The number of benzene rings is 1. The van der Waals surface area contributed by atoms with Crippen molar-refractivity contribution < 1.29 is 0 Å². The average molecular weight is 312 g/mol. The van der Waals surface area contributed by atoms with Crippen molar-refractivity contribution in [3.63, 3.8) is 0 Å². The van der Waals surface area contributed by atoms with Gasteiger partial charge in [-0.15, -0.1) is 0 Å². The maximum Gasteiger partial charge on any atom is 0.251 e. The minimum atomic E-state index is -0.0920. The van der Waals surface area contributed by atoms with E-state index < -0.39 is 0 Å². The van der Waals surface area contributed by atoms with Crippen molar-refractivity contribution in [3.05, 3.63) is 52.4 Å². The molecule has 5 heteroatoms. The molecular weight excluding hydrogens is 288 g/mol. The van der Waals surface area contributed by atoms with Crippen LogP contribution in [-0.2, 0) is 6.54 Å². The Morgan fingerprint density at radius 1 is 1.26 bits per heavy atom. The van der Waals surface area contributed by atoms with Gasteiger partial charge in [-0.2, -0.15) is 0 Å². The molecule has 1 aliphatic heterocycles. The fourth-order valence-corrected chi connectivity index (χ4v) is 3.14. The molecule has 0 amide bonds. The van der Waals surface area contributed by atoms with Crippen LogP contribution < -0.4 is 5.56 Å². The van der Waals surface area contributed by atoms with Gasteiger partial charge in [0.25, 0.3) is 5.56 Å². The summed E-state index contributed by atoms with van der Waals surface area (Å²) in [7, 11) is 4.29. The lowest BCUT2D eigenvalue weighted by atomic mass is 10.0. The van der Waals surface area contributed by atoms with Crippen LogP contribution in [0.3, 0.4) is 0 Å². The van der Waals surface area contributed by atoms with Gasteiger partial charge in [0.1, 0.15) is 5.82 Å². The fourth-order valence-electron chi connectivity index (χ4n) is 3.14. The van der Waals surface area contributed by atoms with E-state index in [1.807, 2.05) is 30.3 Å². The SMILES string of the molecule is CN1CCC(N(C)Cc2cc(=O)[nH]c(-c3ccccc3)n2)CC1. The first kappa shape index (κ1) is 15.9. The fraction of sp³-hybridized carbons (Fsp3) is 0.444. The number of nitrogens with one attached hydrogen (secondary N) is 1. The lowest BCUT2D eigenvalue weighted by molar-refractivity contribution is 0.138. The zero-order valence-electron chi connectivity index (χ0n) is 13.8. The standard InChI is InChI=1S/C18H24N4O/c1-21-10-8-16(9-11-21)22(2)13-15-12-17(23)20-18(19-15)14-6-4-3-5-7-14/h3-7,12,16H,8-11,13H2,1-2H3,(H,19,20,23). The van der Waals surface area contributed by atoms with Gasteiger partial charge in [-0.05, 0) is 40.0 Å². The third kappa shape index (κ3) is 4.06. The highest BCUT2D eigenvalue weighted by molar-refractivity contribution is 5.54. The lowest BCUT2D eigenvalue weighted by Crippen LogP contribution is -2.41. The van der Waals surface area contributed by atoms with E-state index >= 15 is 0 Å². The van der Waals surface area contributed by atoms with E-state index in [4.69, 9.17) is 0 Å². The largest absolute Gasteiger partial charge is 0.307 e. The summed E-state index contributed by atoms with van der Waals surface area (Å²) in [6, 6.07) is 12.0. The number of hydrogen-bond donors (Lipinski definition) is 1. The van der Waals surface area contributed by atoms with Crippen LogP contribution >= 0.6 is 0 Å². The van der Waals surface area contributed by atoms with Gasteiger partial charge in [0.15, 0.2) is 0 Å². The molecule has 0 saturated carbocycles. The highest BCUT2D eigenvalue weighted by Gasteiger charge is 2.21. The molecule has 0 aliphatic carbocycles. The van der Waals surface area contributed by atoms with E-state index in [2.05, 4.69) is 33.9 Å². The van der Waals surface area contributed by atoms with E-state index in [-0.39, 0.29) is 5.56 Å². The van der Waals surface area contributed by atoms with Crippen molar-refractivity contribution in [1.82, 2.24) is 19.8 Å². The summed E-state index contributed by atoms with van der Waals surface area (Å²) in [4.78, 5) is 24.1. The Bertz CT molecular complexity index is 690. The molecule has 122 valence electrons. The van der Waals surface area contributed by atoms with Crippen LogP contribution in [0, 0.1) is 0 Å². The maximum atomic E-state index is 12.0. The summed E-state index contributed by atoms with van der Waals surface area (Å²) >= 11 is 0. The minimum Gasteiger partial charge on any atom is -0.307 e. The number of hydrogen-bond acceptors (Lipinski definition) is 4. The molecule has 1 aromatic heterocycles. The van der Waals surface area contributed by atoms with Crippen molar-refractivity contribution in [2.24, 2.45) is 0 Å². The molecule has 0 spiro atoms. The van der Waals surface area contributed by atoms with Crippen LogP contribution in [0.25, 0.3) is 11.4 Å². The van der Waals surface area contributed by atoms with Gasteiger partial charge in [0, 0.05) is 24.2 Å². The summed E-state index contributed by atoms with van der Waals surface area (Å²) in [5.74, 6) is 0.643. The number of piperidine rings is 1. The first-order chi connectivity index (χ1) is 11.1. The Labute approximate surface area is 137 Å². The van der Waals surface area contributed by atoms with Gasteiger partial charge in [-0.25, -0.2) is 4.98 Å². The molecular formula is C18H24N4O. The second-order valence-electron chi connectivity index (χ2n) is 6.40. The smallest absolute Gasteiger partial charge is 0.251 e. The van der Waals surface area contributed by atoms with E-state index in [0.717, 1.165) is 24.3 Å². The summed E-state index contributed by atoms with van der Waals surface area (Å²) in [5, 5.41) is 0. The molecule has 23 heavy (non-hydrogen) atoms. The van der Waals surface area contributed by atoms with Crippen LogP contribution in [-0.4, -0.2) is 53.0 Å². The summed E-state index contributed by atoms with van der Waals surface area (Å²) in [6.45, 7) is 2.97. The molecule has 1 aliphatic rings. The first-order valence-corrected chi connectivity index (χ1v) is 8.16. The Morgan fingerprint density at radius 3 is 2.65 bits per heavy atom.